The molecule has 0 saturated carbocycles. The number of carboxylic acid groups (broad SMARTS) is 1. The molecule has 0 heterocycles. The van der Waals surface area contributed by atoms with Crippen LogP contribution in [0.5, 0.6) is 0 Å². The van der Waals surface area contributed by atoms with Gasteiger partial charge in [-0.05, 0) is 18.4 Å². The van der Waals surface area contributed by atoms with Crippen LogP contribution in [0.3, 0.4) is 0 Å². The van der Waals surface area contributed by atoms with Crippen LogP contribution in [0.1, 0.15) is 24.0 Å². The molecule has 2 aromatic rings. The predicted octanol–water partition coefficient (Wildman–Crippen LogP) is 2.77. The van der Waals surface area contributed by atoms with Crippen molar-refractivity contribution in [1.29, 1.82) is 0 Å². The molecule has 0 aliphatic carbocycles. The highest BCUT2D eigenvalue weighted by atomic mass is 32.2. The van der Waals surface area contributed by atoms with E-state index in [1.54, 1.807) is 30.3 Å². The molecule has 0 aromatic heterocycles. The van der Waals surface area contributed by atoms with Crippen LogP contribution in [0.2, 0.25) is 0 Å². The van der Waals surface area contributed by atoms with Crippen molar-refractivity contribution in [2.24, 2.45) is 5.14 Å². The lowest BCUT2D eigenvalue weighted by molar-refractivity contribution is -0.137. The third kappa shape index (κ3) is 4.98. The van der Waals surface area contributed by atoms with Crippen molar-refractivity contribution in [2.75, 3.05) is 5.32 Å². The van der Waals surface area contributed by atoms with E-state index in [4.69, 9.17) is 10.2 Å². The Morgan fingerprint density at radius 1 is 1.07 bits per heavy atom. The number of sulfonamides is 1. The molecule has 0 amide bonds. The Morgan fingerprint density at radius 3 is 2.26 bits per heavy atom. The van der Waals surface area contributed by atoms with Gasteiger partial charge in [0, 0.05) is 18.5 Å². The number of halogens is 3. The van der Waals surface area contributed by atoms with Crippen molar-refractivity contribution in [3.05, 3.63) is 58.9 Å². The number of rotatable bonds is 8. The van der Waals surface area contributed by atoms with E-state index in [0.29, 0.717) is 5.56 Å². The molecule has 0 aliphatic heterocycles. The summed E-state index contributed by atoms with van der Waals surface area (Å²) >= 11 is 0. The summed E-state index contributed by atoms with van der Waals surface area (Å²) in [5.74, 6) is -6.21. The molecule has 146 valence electrons. The summed E-state index contributed by atoms with van der Waals surface area (Å²) in [7, 11) is -4.87. The number of hydrogen-bond donors (Lipinski definition) is 3. The summed E-state index contributed by atoms with van der Waals surface area (Å²) in [6, 6.07) is 8.55. The van der Waals surface area contributed by atoms with Gasteiger partial charge in [-0.15, -0.1) is 0 Å². The number of carboxylic acids is 1. The van der Waals surface area contributed by atoms with E-state index in [1.807, 2.05) is 0 Å². The highest BCUT2D eigenvalue weighted by Crippen LogP contribution is 2.33. The molecule has 0 spiro atoms. The van der Waals surface area contributed by atoms with Gasteiger partial charge in [0.2, 0.25) is 10.0 Å². The number of anilines is 1. The quantitative estimate of drug-likeness (QED) is 0.588. The number of primary sulfonamides is 1. The number of nitrogens with one attached hydrogen (secondary N) is 1. The maximum absolute atomic E-state index is 14.7. The first-order chi connectivity index (χ1) is 12.6. The Balaban J connectivity index is 2.50. The van der Waals surface area contributed by atoms with E-state index in [-0.39, 0.29) is 25.8 Å². The van der Waals surface area contributed by atoms with Crippen molar-refractivity contribution in [3.63, 3.8) is 0 Å². The van der Waals surface area contributed by atoms with Gasteiger partial charge in [0.15, 0.2) is 22.3 Å². The molecule has 2 aromatic carbocycles. The fourth-order valence-corrected chi connectivity index (χ4v) is 3.25. The van der Waals surface area contributed by atoms with Crippen LogP contribution in [0.15, 0.2) is 35.2 Å². The lowest BCUT2D eigenvalue weighted by atomic mass is 10.0. The summed E-state index contributed by atoms with van der Waals surface area (Å²) in [6.07, 6.45) is -0.758. The first kappa shape index (κ1) is 20.7. The SMILES string of the molecule is NS(=O)(=O)c1c(F)c(F)c(CCCC(=O)O)c(NCc2ccccc2)c1F. The van der Waals surface area contributed by atoms with Gasteiger partial charge in [-0.3, -0.25) is 4.79 Å². The summed E-state index contributed by atoms with van der Waals surface area (Å²) in [4.78, 5) is 9.06. The summed E-state index contributed by atoms with van der Waals surface area (Å²) in [5, 5.41) is 16.1. The highest BCUT2D eigenvalue weighted by molar-refractivity contribution is 7.89. The molecule has 2 rings (SSSR count). The standard InChI is InChI=1S/C17H17F3N2O4S/c18-13-11(7-4-8-12(23)24)16(22-9-10-5-2-1-3-6-10)15(20)17(14(13)19)27(21,25)26/h1-3,5-6,22H,4,7-9H2,(H,23,24)(H2,21,25,26). The van der Waals surface area contributed by atoms with Gasteiger partial charge in [-0.25, -0.2) is 26.7 Å². The molecule has 4 N–H and O–H groups in total. The molecule has 0 unspecified atom stereocenters. The van der Waals surface area contributed by atoms with Crippen molar-refractivity contribution >= 4 is 21.7 Å². The molecular weight excluding hydrogens is 385 g/mol. The Hall–Kier alpha value is -2.59. The van der Waals surface area contributed by atoms with E-state index >= 15 is 0 Å². The Bertz CT molecular complexity index is 951. The first-order valence-electron chi connectivity index (χ1n) is 7.84. The van der Waals surface area contributed by atoms with Gasteiger partial charge < -0.3 is 10.4 Å². The zero-order valence-corrected chi connectivity index (χ0v) is 14.8. The molecule has 0 radical (unpaired) electrons. The van der Waals surface area contributed by atoms with E-state index in [9.17, 15) is 26.4 Å². The maximum atomic E-state index is 14.7. The molecule has 0 bridgehead atoms. The van der Waals surface area contributed by atoms with Crippen LogP contribution < -0.4 is 10.5 Å². The largest absolute Gasteiger partial charge is 0.481 e. The minimum Gasteiger partial charge on any atom is -0.481 e. The van der Waals surface area contributed by atoms with E-state index < -0.39 is 49.6 Å². The summed E-state index contributed by atoms with van der Waals surface area (Å²) in [5.41, 5.74) is -0.364. The second-order valence-corrected chi connectivity index (χ2v) is 7.25. The Kier molecular flexibility index (Phi) is 6.45. The fraction of sp³-hybridized carbons (Fsp3) is 0.235. The average Bonchev–Trinajstić information content (AvgIpc) is 2.58. The third-order valence-electron chi connectivity index (χ3n) is 3.79. The topological polar surface area (TPSA) is 109 Å². The van der Waals surface area contributed by atoms with Crippen LogP contribution in [0.25, 0.3) is 0 Å². The van der Waals surface area contributed by atoms with Crippen LogP contribution >= 0.6 is 0 Å². The lowest BCUT2D eigenvalue weighted by Crippen LogP contribution is -2.20. The second-order valence-electron chi connectivity index (χ2n) is 5.76. The van der Waals surface area contributed by atoms with Gasteiger partial charge >= 0.3 is 5.97 Å². The molecule has 6 nitrogen and oxygen atoms in total. The van der Waals surface area contributed by atoms with Gasteiger partial charge in [0.05, 0.1) is 5.69 Å². The molecule has 0 saturated heterocycles. The average molecular weight is 402 g/mol. The Morgan fingerprint density at radius 2 is 1.70 bits per heavy atom. The van der Waals surface area contributed by atoms with Crippen LogP contribution in [-0.2, 0) is 27.8 Å². The van der Waals surface area contributed by atoms with Crippen LogP contribution in [0.4, 0.5) is 18.9 Å². The van der Waals surface area contributed by atoms with Gasteiger partial charge in [0.25, 0.3) is 0 Å². The van der Waals surface area contributed by atoms with Crippen molar-refractivity contribution in [3.8, 4) is 0 Å². The van der Waals surface area contributed by atoms with Gasteiger partial charge in [0.1, 0.15) is 0 Å². The van der Waals surface area contributed by atoms with Crippen molar-refractivity contribution in [1.82, 2.24) is 0 Å². The smallest absolute Gasteiger partial charge is 0.303 e. The van der Waals surface area contributed by atoms with Gasteiger partial charge in [-0.1, -0.05) is 30.3 Å². The number of carbonyl (C=O) groups is 1. The minimum absolute atomic E-state index is 0.00117. The molecule has 0 aliphatic rings. The minimum atomic E-state index is -4.87. The van der Waals surface area contributed by atoms with Crippen LogP contribution in [0, 0.1) is 17.5 Å². The van der Waals surface area contributed by atoms with Gasteiger partial charge in [-0.2, -0.15) is 0 Å². The molecule has 0 fully saturated rings. The number of nitrogens with two attached hydrogens (primary N) is 1. The zero-order valence-electron chi connectivity index (χ0n) is 14.0. The third-order valence-corrected chi connectivity index (χ3v) is 4.72. The number of benzene rings is 2. The van der Waals surface area contributed by atoms with Crippen molar-refractivity contribution in [2.45, 2.75) is 30.7 Å². The lowest BCUT2D eigenvalue weighted by Gasteiger charge is -2.17. The zero-order chi connectivity index (χ0) is 20.2. The maximum Gasteiger partial charge on any atom is 0.303 e. The number of hydrogen-bond acceptors (Lipinski definition) is 4. The highest BCUT2D eigenvalue weighted by Gasteiger charge is 2.30. The predicted molar refractivity (Wildman–Crippen MR) is 92.0 cm³/mol. The summed E-state index contributed by atoms with van der Waals surface area (Å²) < 4.78 is 66.3. The molecular formula is C17H17F3N2O4S. The first-order valence-corrected chi connectivity index (χ1v) is 9.39. The second kappa shape index (κ2) is 8.40. The summed E-state index contributed by atoms with van der Waals surface area (Å²) in [6.45, 7) is -0.00117. The Labute approximate surface area is 153 Å². The van der Waals surface area contributed by atoms with Crippen LogP contribution in [-0.4, -0.2) is 19.5 Å². The van der Waals surface area contributed by atoms with E-state index in [0.717, 1.165) is 0 Å². The molecule has 0 atom stereocenters. The fourth-order valence-electron chi connectivity index (χ4n) is 2.56. The normalized spacial score (nSPS) is 11.4. The molecule has 10 heteroatoms. The van der Waals surface area contributed by atoms with Crippen molar-refractivity contribution < 1.29 is 31.5 Å². The monoisotopic (exact) mass is 402 g/mol. The van der Waals surface area contributed by atoms with E-state index in [1.165, 1.54) is 0 Å². The number of aliphatic carboxylic acids is 1. The molecule has 27 heavy (non-hydrogen) atoms. The van der Waals surface area contributed by atoms with E-state index in [2.05, 4.69) is 5.32 Å².